The second-order valence-corrected chi connectivity index (χ2v) is 11.7. The van der Waals surface area contributed by atoms with Crippen LogP contribution in [0.2, 0.25) is 5.02 Å². The molecule has 3 aliphatic rings. The van der Waals surface area contributed by atoms with E-state index in [-0.39, 0.29) is 33.5 Å². The largest absolute Gasteiger partial charge is 0.377 e. The molecule has 0 radical (unpaired) electrons. The molecular weight excluding hydrogens is 527 g/mol. The molecule has 1 amide bonds. The molecule has 2 bridgehead atoms. The average Bonchev–Trinajstić information content (AvgIpc) is 3.33. The minimum Gasteiger partial charge on any atom is -0.377 e. The number of carbonyl (C=O) groups is 1. The van der Waals surface area contributed by atoms with E-state index in [9.17, 15) is 31.5 Å². The fraction of sp³-hybridized carbons (Fsp3) is 0.222. The molecule has 2 N–H and O–H groups in total. The Morgan fingerprint density at radius 2 is 1.73 bits per heavy atom. The first-order valence-electron chi connectivity index (χ1n) is 11.3. The number of nitrogens with one attached hydrogen (secondary N) is 1. The number of rotatable bonds is 4. The Morgan fingerprint density at radius 1 is 1.05 bits per heavy atom. The smallest absolute Gasteiger partial charge is 0.255 e. The van der Waals surface area contributed by atoms with Gasteiger partial charge in [0, 0.05) is 34.9 Å². The summed E-state index contributed by atoms with van der Waals surface area (Å²) in [4.78, 5) is 12.4. The van der Waals surface area contributed by atoms with Crippen LogP contribution in [-0.2, 0) is 9.84 Å². The van der Waals surface area contributed by atoms with Gasteiger partial charge < -0.3 is 10.4 Å². The van der Waals surface area contributed by atoms with Crippen molar-refractivity contribution >= 4 is 33.0 Å². The highest BCUT2D eigenvalue weighted by Crippen LogP contribution is 2.59. The number of sulfone groups is 1. The quantitative estimate of drug-likeness (QED) is 0.358. The molecule has 3 fully saturated rings. The van der Waals surface area contributed by atoms with E-state index < -0.39 is 50.0 Å². The molecule has 190 valence electrons. The first kappa shape index (κ1) is 25.3. The summed E-state index contributed by atoms with van der Waals surface area (Å²) in [5, 5.41) is 12.3. The molecule has 3 saturated carbocycles. The monoisotopic (exact) mass is 545 g/mol. The van der Waals surface area contributed by atoms with Crippen LogP contribution in [0.4, 0.5) is 18.9 Å². The molecule has 10 heteroatoms. The van der Waals surface area contributed by atoms with Gasteiger partial charge in [-0.05, 0) is 49.1 Å². The van der Waals surface area contributed by atoms with Crippen LogP contribution >= 0.6 is 11.6 Å². The molecule has 3 unspecified atom stereocenters. The summed E-state index contributed by atoms with van der Waals surface area (Å²) in [6, 6.07) is 13.8. The molecule has 3 aromatic carbocycles. The average molecular weight is 546 g/mol. The Labute approximate surface area is 216 Å². The predicted molar refractivity (Wildman–Crippen MR) is 131 cm³/mol. The molecule has 3 aromatic rings. The van der Waals surface area contributed by atoms with E-state index in [4.69, 9.17) is 11.6 Å². The first-order chi connectivity index (χ1) is 17.5. The molecule has 5 nitrogen and oxygen atoms in total. The third-order valence-electron chi connectivity index (χ3n) is 6.90. The highest BCUT2D eigenvalue weighted by molar-refractivity contribution is 7.92. The minimum atomic E-state index is -4.08. The van der Waals surface area contributed by atoms with Crippen LogP contribution in [0.1, 0.15) is 28.8 Å². The third-order valence-corrected chi connectivity index (χ3v) is 9.72. The van der Waals surface area contributed by atoms with Gasteiger partial charge in [-0.25, -0.2) is 21.6 Å². The van der Waals surface area contributed by atoms with Crippen LogP contribution in [0.3, 0.4) is 0 Å². The van der Waals surface area contributed by atoms with E-state index >= 15 is 0 Å². The molecule has 37 heavy (non-hydrogen) atoms. The summed E-state index contributed by atoms with van der Waals surface area (Å²) < 4.78 is 67.4. The zero-order valence-electron chi connectivity index (χ0n) is 19.0. The highest BCUT2D eigenvalue weighted by atomic mass is 35.5. The summed E-state index contributed by atoms with van der Waals surface area (Å²) in [5.74, 6) is -0.712. The molecule has 4 atom stereocenters. The van der Waals surface area contributed by atoms with Crippen molar-refractivity contribution in [3.05, 3.63) is 94.3 Å². The van der Waals surface area contributed by atoms with Gasteiger partial charge in [0.15, 0.2) is 27.3 Å². The Morgan fingerprint density at radius 3 is 2.41 bits per heavy atom. The second-order valence-electron chi connectivity index (χ2n) is 9.21. The van der Waals surface area contributed by atoms with Gasteiger partial charge in [-0.15, -0.1) is 0 Å². The number of benzene rings is 3. The molecule has 6 rings (SSSR count). The number of hydrogen-bond donors (Lipinski definition) is 2. The Kier molecular flexibility index (Phi) is 6.31. The highest BCUT2D eigenvalue weighted by Gasteiger charge is 2.65. The van der Waals surface area contributed by atoms with E-state index in [0.717, 1.165) is 6.07 Å². The normalized spacial score (nSPS) is 24.1. The van der Waals surface area contributed by atoms with Gasteiger partial charge >= 0.3 is 0 Å². The van der Waals surface area contributed by atoms with Crippen LogP contribution in [0.25, 0.3) is 0 Å². The van der Waals surface area contributed by atoms with Gasteiger partial charge in [-0.3, -0.25) is 4.79 Å². The standard InChI is InChI=1S/C27H19ClF3NO4S/c28-20-7-6-16(26(33)32-18-12-21(29)24(31)22(30)13-18)11-23(20)37(35,36)25-17-10-19(25)27(34,14-17)9-8-15-4-2-1-3-5-15/h1-7,11-13,17,19,25,34H,10,14H2,(H,32,33)/t17?,19?,25?,27-/m1/s1. The van der Waals surface area contributed by atoms with Crippen LogP contribution in [0, 0.1) is 41.1 Å². The van der Waals surface area contributed by atoms with E-state index in [1.165, 1.54) is 12.1 Å². The van der Waals surface area contributed by atoms with Crippen molar-refractivity contribution < 1.29 is 31.5 Å². The molecule has 0 aliphatic heterocycles. The van der Waals surface area contributed by atoms with Crippen LogP contribution < -0.4 is 5.32 Å². The molecule has 0 saturated heterocycles. The SMILES string of the molecule is O=C(Nc1cc(F)c(F)c(F)c1)c1ccc(Cl)c(S(=O)(=O)C2C3CC2[C@@](O)(C#Cc2ccccc2)C3)c1. The number of amides is 1. The predicted octanol–water partition coefficient (Wildman–Crippen LogP) is 4.97. The van der Waals surface area contributed by atoms with Crippen molar-refractivity contribution in [1.29, 1.82) is 0 Å². The van der Waals surface area contributed by atoms with Gasteiger partial charge in [0.1, 0.15) is 5.60 Å². The van der Waals surface area contributed by atoms with E-state index in [1.54, 1.807) is 12.1 Å². The topological polar surface area (TPSA) is 83.5 Å². The number of carbonyl (C=O) groups excluding carboxylic acids is 1. The lowest BCUT2D eigenvalue weighted by Crippen LogP contribution is -2.46. The second kappa shape index (κ2) is 9.21. The molecule has 0 heterocycles. The van der Waals surface area contributed by atoms with Crippen molar-refractivity contribution in [3.63, 3.8) is 0 Å². The Balaban J connectivity index is 1.40. The number of fused-ring (bicyclic) bond motifs is 1. The Bertz CT molecular complexity index is 1560. The number of hydrogen-bond acceptors (Lipinski definition) is 4. The molecular formula is C27H19ClF3NO4S. The van der Waals surface area contributed by atoms with Gasteiger partial charge in [0.25, 0.3) is 5.91 Å². The lowest BCUT2D eigenvalue weighted by atomic mass is 9.80. The zero-order chi connectivity index (χ0) is 26.5. The third kappa shape index (κ3) is 4.50. The summed E-state index contributed by atoms with van der Waals surface area (Å²) in [6.45, 7) is 0. The lowest BCUT2D eigenvalue weighted by molar-refractivity contribution is 0.0684. The number of aliphatic hydroxyl groups is 1. The van der Waals surface area contributed by atoms with Crippen molar-refractivity contribution in [2.24, 2.45) is 11.8 Å². The number of halogens is 4. The van der Waals surface area contributed by atoms with Gasteiger partial charge in [-0.1, -0.05) is 41.6 Å². The van der Waals surface area contributed by atoms with Crippen LogP contribution in [-0.4, -0.2) is 30.3 Å². The minimum absolute atomic E-state index is 0.111. The maximum absolute atomic E-state index is 13.6. The van der Waals surface area contributed by atoms with E-state index in [2.05, 4.69) is 17.2 Å². The van der Waals surface area contributed by atoms with Crippen molar-refractivity contribution in [3.8, 4) is 11.8 Å². The summed E-state index contributed by atoms with van der Waals surface area (Å²) >= 11 is 6.22. The summed E-state index contributed by atoms with van der Waals surface area (Å²) in [5.41, 5.74) is -1.27. The molecule has 3 aliphatic carbocycles. The van der Waals surface area contributed by atoms with Gasteiger partial charge in [0.2, 0.25) is 0 Å². The van der Waals surface area contributed by atoms with E-state index in [0.29, 0.717) is 24.1 Å². The zero-order valence-corrected chi connectivity index (χ0v) is 20.6. The fourth-order valence-corrected chi connectivity index (χ4v) is 7.95. The van der Waals surface area contributed by atoms with Gasteiger partial charge in [0.05, 0.1) is 15.2 Å². The van der Waals surface area contributed by atoms with E-state index in [1.807, 2.05) is 18.2 Å². The Hall–Kier alpha value is -3.32. The summed E-state index contributed by atoms with van der Waals surface area (Å²) in [7, 11) is -4.08. The van der Waals surface area contributed by atoms with Crippen LogP contribution in [0.15, 0.2) is 65.6 Å². The van der Waals surface area contributed by atoms with Crippen molar-refractivity contribution in [1.82, 2.24) is 0 Å². The molecule has 0 spiro atoms. The number of anilines is 1. The first-order valence-corrected chi connectivity index (χ1v) is 13.2. The van der Waals surface area contributed by atoms with Crippen molar-refractivity contribution in [2.75, 3.05) is 5.32 Å². The lowest BCUT2D eigenvalue weighted by Gasteiger charge is -2.37. The summed E-state index contributed by atoms with van der Waals surface area (Å²) in [6.07, 6.45) is 0.685. The molecule has 0 aromatic heterocycles. The maximum atomic E-state index is 13.6. The fourth-order valence-electron chi connectivity index (χ4n) is 5.10. The van der Waals surface area contributed by atoms with Crippen molar-refractivity contribution in [2.45, 2.75) is 28.6 Å². The van der Waals surface area contributed by atoms with Crippen LogP contribution in [0.5, 0.6) is 0 Å². The van der Waals surface area contributed by atoms with Gasteiger partial charge in [-0.2, -0.15) is 0 Å². The maximum Gasteiger partial charge on any atom is 0.255 e.